The molecule has 1 N–H and O–H groups in total. The summed E-state index contributed by atoms with van der Waals surface area (Å²) in [6.07, 6.45) is 1.56. The third-order valence-corrected chi connectivity index (χ3v) is 5.84. The Morgan fingerprint density at radius 1 is 1.16 bits per heavy atom. The van der Waals surface area contributed by atoms with Crippen LogP contribution in [0.4, 0.5) is 4.79 Å². The first-order valence-corrected chi connectivity index (χ1v) is 11.2. The summed E-state index contributed by atoms with van der Waals surface area (Å²) in [5.41, 5.74) is 0.158. The number of nitrogens with one attached hydrogen (secondary N) is 1. The zero-order valence-electron chi connectivity index (χ0n) is 18.7. The summed E-state index contributed by atoms with van der Waals surface area (Å²) in [6, 6.07) is 1.71. The monoisotopic (exact) mass is 443 g/mol. The first kappa shape index (κ1) is 22.0. The number of hydrogen-bond acceptors (Lipinski definition) is 6. The predicted molar refractivity (Wildman–Crippen MR) is 118 cm³/mol. The molecule has 172 valence electrons. The van der Waals surface area contributed by atoms with E-state index in [9.17, 15) is 19.2 Å². The molecule has 1 saturated heterocycles. The standard InChI is InChI=1S/C22H29N5O5/c1-4-32-22(31)26-9-7-25(8-10-26)20(29)15-11-16(14-5-6-14)23-18-17(15)19(28)24-21(30)27(18)12-13(2)3/h11,13-14H,4-10,12H2,1-3H3,(H,24,28,30). The fraction of sp³-hybridized carbons (Fsp3) is 0.591. The van der Waals surface area contributed by atoms with E-state index in [0.29, 0.717) is 39.3 Å². The minimum absolute atomic E-state index is 0.146. The Morgan fingerprint density at radius 3 is 2.41 bits per heavy atom. The minimum atomic E-state index is -0.603. The van der Waals surface area contributed by atoms with Crippen LogP contribution >= 0.6 is 0 Å². The Labute approximate surface area is 185 Å². The molecule has 2 aromatic heterocycles. The number of rotatable bonds is 5. The number of nitrogens with zero attached hydrogens (tertiary/aromatic N) is 4. The summed E-state index contributed by atoms with van der Waals surface area (Å²) >= 11 is 0. The van der Waals surface area contributed by atoms with Gasteiger partial charge in [0, 0.05) is 44.3 Å². The number of aromatic nitrogens is 3. The normalized spacial score (nSPS) is 16.6. The van der Waals surface area contributed by atoms with Crippen LogP contribution in [-0.2, 0) is 11.3 Å². The maximum absolute atomic E-state index is 13.5. The lowest BCUT2D eigenvalue weighted by Crippen LogP contribution is -2.51. The lowest BCUT2D eigenvalue weighted by molar-refractivity contribution is 0.0571. The maximum Gasteiger partial charge on any atom is 0.409 e. The third-order valence-electron chi connectivity index (χ3n) is 5.84. The molecule has 0 unspecified atom stereocenters. The van der Waals surface area contributed by atoms with Gasteiger partial charge in [-0.3, -0.25) is 19.1 Å². The number of aromatic amines is 1. The molecular weight excluding hydrogens is 414 g/mol. The van der Waals surface area contributed by atoms with Gasteiger partial charge in [-0.15, -0.1) is 0 Å². The highest BCUT2D eigenvalue weighted by Gasteiger charge is 2.31. The van der Waals surface area contributed by atoms with E-state index >= 15 is 0 Å². The van der Waals surface area contributed by atoms with Crippen LogP contribution in [0.5, 0.6) is 0 Å². The second-order valence-corrected chi connectivity index (χ2v) is 8.81. The maximum atomic E-state index is 13.5. The first-order valence-electron chi connectivity index (χ1n) is 11.2. The van der Waals surface area contributed by atoms with Crippen molar-refractivity contribution in [3.63, 3.8) is 0 Å². The molecule has 10 nitrogen and oxygen atoms in total. The molecule has 0 atom stereocenters. The second-order valence-electron chi connectivity index (χ2n) is 8.81. The summed E-state index contributed by atoms with van der Waals surface area (Å²) in [6.45, 7) is 7.78. The predicted octanol–water partition coefficient (Wildman–Crippen LogP) is 1.53. The average Bonchev–Trinajstić information content (AvgIpc) is 3.61. The van der Waals surface area contributed by atoms with E-state index in [0.717, 1.165) is 18.5 Å². The quantitative estimate of drug-likeness (QED) is 0.749. The van der Waals surface area contributed by atoms with E-state index in [1.54, 1.807) is 22.8 Å². The van der Waals surface area contributed by atoms with E-state index in [4.69, 9.17) is 4.74 Å². The highest BCUT2D eigenvalue weighted by atomic mass is 16.6. The molecule has 2 fully saturated rings. The number of amides is 2. The molecule has 1 aliphatic heterocycles. The molecule has 4 rings (SSSR count). The van der Waals surface area contributed by atoms with Crippen molar-refractivity contribution in [2.45, 2.75) is 46.1 Å². The molecule has 2 aromatic rings. The fourth-order valence-electron chi connectivity index (χ4n) is 4.06. The van der Waals surface area contributed by atoms with Crippen molar-refractivity contribution in [3.05, 3.63) is 38.2 Å². The molecule has 0 bridgehead atoms. The lowest BCUT2D eigenvalue weighted by Gasteiger charge is -2.34. The van der Waals surface area contributed by atoms with Gasteiger partial charge in [-0.25, -0.2) is 14.6 Å². The third kappa shape index (κ3) is 4.26. The summed E-state index contributed by atoms with van der Waals surface area (Å²) in [7, 11) is 0. The first-order chi connectivity index (χ1) is 15.3. The molecule has 1 aliphatic carbocycles. The molecule has 10 heteroatoms. The topological polar surface area (TPSA) is 118 Å². The highest BCUT2D eigenvalue weighted by molar-refractivity contribution is 6.05. The van der Waals surface area contributed by atoms with Crippen molar-refractivity contribution in [2.75, 3.05) is 32.8 Å². The van der Waals surface area contributed by atoms with Gasteiger partial charge >= 0.3 is 11.8 Å². The SMILES string of the molecule is CCOC(=O)N1CCN(C(=O)c2cc(C3CC3)nc3c2c(=O)[nH]c(=O)n3CC(C)C)CC1. The Bertz CT molecular complexity index is 1160. The molecule has 3 heterocycles. The van der Waals surface area contributed by atoms with Gasteiger partial charge in [0.05, 0.1) is 17.6 Å². The van der Waals surface area contributed by atoms with Crippen molar-refractivity contribution in [2.24, 2.45) is 5.92 Å². The Hall–Kier alpha value is -3.17. The van der Waals surface area contributed by atoms with Crippen molar-refractivity contribution in [3.8, 4) is 0 Å². The van der Waals surface area contributed by atoms with Gasteiger partial charge in [0.25, 0.3) is 11.5 Å². The smallest absolute Gasteiger partial charge is 0.409 e. The lowest BCUT2D eigenvalue weighted by atomic mass is 10.1. The Morgan fingerprint density at radius 2 is 1.81 bits per heavy atom. The van der Waals surface area contributed by atoms with Crippen LogP contribution in [0.2, 0.25) is 0 Å². The van der Waals surface area contributed by atoms with Crippen molar-refractivity contribution in [1.82, 2.24) is 24.3 Å². The van der Waals surface area contributed by atoms with Crippen LogP contribution in [-0.4, -0.2) is 69.1 Å². The number of hydrogen-bond donors (Lipinski definition) is 1. The Balaban J connectivity index is 1.74. The van der Waals surface area contributed by atoms with Crippen molar-refractivity contribution in [1.29, 1.82) is 0 Å². The van der Waals surface area contributed by atoms with Crippen LogP contribution in [0, 0.1) is 5.92 Å². The molecule has 0 radical (unpaired) electrons. The van der Waals surface area contributed by atoms with Gasteiger partial charge in [-0.2, -0.15) is 0 Å². The van der Waals surface area contributed by atoms with Crippen LogP contribution < -0.4 is 11.2 Å². The second kappa shape index (κ2) is 8.76. The average molecular weight is 444 g/mol. The van der Waals surface area contributed by atoms with E-state index in [1.165, 1.54) is 4.57 Å². The molecular formula is C22H29N5O5. The largest absolute Gasteiger partial charge is 0.450 e. The summed E-state index contributed by atoms with van der Waals surface area (Å²) in [4.78, 5) is 61.0. The minimum Gasteiger partial charge on any atom is -0.450 e. The highest BCUT2D eigenvalue weighted by Crippen LogP contribution is 2.40. The number of piperazine rings is 1. The number of carbonyl (C=O) groups excluding carboxylic acids is 2. The molecule has 2 amide bonds. The van der Waals surface area contributed by atoms with E-state index < -0.39 is 11.2 Å². The Kier molecular flexibility index (Phi) is 6.03. The van der Waals surface area contributed by atoms with E-state index in [-0.39, 0.29) is 40.4 Å². The number of H-pyrrole nitrogens is 1. The van der Waals surface area contributed by atoms with Gasteiger partial charge in [0.1, 0.15) is 0 Å². The van der Waals surface area contributed by atoms with Gasteiger partial charge < -0.3 is 14.5 Å². The van der Waals surface area contributed by atoms with E-state index in [1.807, 2.05) is 13.8 Å². The number of carbonyl (C=O) groups is 2. The zero-order valence-corrected chi connectivity index (χ0v) is 18.7. The van der Waals surface area contributed by atoms with Gasteiger partial charge in [0.15, 0.2) is 5.65 Å². The van der Waals surface area contributed by atoms with Gasteiger partial charge in [-0.1, -0.05) is 13.8 Å². The van der Waals surface area contributed by atoms with Crippen molar-refractivity contribution < 1.29 is 14.3 Å². The summed E-state index contributed by atoms with van der Waals surface area (Å²) in [5.74, 6) is 0.111. The number of fused-ring (bicyclic) bond motifs is 1. The van der Waals surface area contributed by atoms with Crippen LogP contribution in [0.1, 0.15) is 55.6 Å². The number of pyridine rings is 1. The number of ether oxygens (including phenoxy) is 1. The molecule has 0 spiro atoms. The fourth-order valence-corrected chi connectivity index (χ4v) is 4.06. The summed E-state index contributed by atoms with van der Waals surface area (Å²) < 4.78 is 6.50. The summed E-state index contributed by atoms with van der Waals surface area (Å²) in [5, 5.41) is 0.146. The van der Waals surface area contributed by atoms with Crippen LogP contribution in [0.3, 0.4) is 0 Å². The molecule has 2 aliphatic rings. The van der Waals surface area contributed by atoms with Crippen LogP contribution in [0.25, 0.3) is 11.0 Å². The molecule has 32 heavy (non-hydrogen) atoms. The van der Waals surface area contributed by atoms with Crippen LogP contribution in [0.15, 0.2) is 15.7 Å². The zero-order chi connectivity index (χ0) is 23.0. The molecule has 1 saturated carbocycles. The van der Waals surface area contributed by atoms with Gasteiger partial charge in [0.2, 0.25) is 0 Å². The molecule has 0 aromatic carbocycles. The van der Waals surface area contributed by atoms with E-state index in [2.05, 4.69) is 9.97 Å². The van der Waals surface area contributed by atoms with Crippen molar-refractivity contribution >= 4 is 23.0 Å². The van der Waals surface area contributed by atoms with Gasteiger partial charge in [-0.05, 0) is 31.7 Å².